The number of rotatable bonds is 16. The SMILES string of the molecule is COc1cc(CNC(=O)[C@]2(CCS(=O)(=O)c3ccccc3)N=C(c3ccc(OCCCO)cc3)O[C@@H]2c2ccc(Cl)cc2Cl)cc(OC)c1OC. The molecule has 4 aromatic rings. The fourth-order valence-electron chi connectivity index (χ4n) is 5.67. The molecule has 0 saturated carbocycles. The van der Waals surface area contributed by atoms with Gasteiger partial charge in [0.1, 0.15) is 5.75 Å². The first-order valence-electron chi connectivity index (χ1n) is 16.0. The van der Waals surface area contributed by atoms with Crippen molar-refractivity contribution in [3.63, 3.8) is 0 Å². The zero-order chi connectivity index (χ0) is 36.6. The van der Waals surface area contributed by atoms with Gasteiger partial charge < -0.3 is 34.1 Å². The normalized spacial score (nSPS) is 16.9. The lowest BCUT2D eigenvalue weighted by atomic mass is 9.85. The number of aliphatic hydroxyl groups excluding tert-OH is 1. The number of amides is 1. The summed E-state index contributed by atoms with van der Waals surface area (Å²) >= 11 is 13.0. The summed E-state index contributed by atoms with van der Waals surface area (Å²) < 4.78 is 55.9. The zero-order valence-electron chi connectivity index (χ0n) is 28.2. The number of nitrogens with zero attached hydrogens (tertiary/aromatic N) is 1. The number of carbonyl (C=O) groups is 1. The van der Waals surface area contributed by atoms with Crippen LogP contribution in [-0.2, 0) is 25.9 Å². The van der Waals surface area contributed by atoms with Crippen LogP contribution in [0.15, 0.2) is 94.8 Å². The van der Waals surface area contributed by atoms with E-state index in [9.17, 15) is 13.2 Å². The maximum absolute atomic E-state index is 14.7. The van der Waals surface area contributed by atoms with Crippen LogP contribution in [0.25, 0.3) is 0 Å². The van der Waals surface area contributed by atoms with Gasteiger partial charge in [-0.05, 0) is 66.2 Å². The van der Waals surface area contributed by atoms with Gasteiger partial charge >= 0.3 is 0 Å². The number of hydrogen-bond acceptors (Lipinski definition) is 10. The number of methoxy groups -OCH3 is 3. The number of hydrogen-bond donors (Lipinski definition) is 2. The van der Waals surface area contributed by atoms with Gasteiger partial charge in [-0.15, -0.1) is 0 Å². The van der Waals surface area contributed by atoms with E-state index in [0.29, 0.717) is 57.7 Å². The number of aliphatic imine (C=N–C) groups is 1. The molecule has 0 saturated heterocycles. The van der Waals surface area contributed by atoms with Crippen molar-refractivity contribution in [2.45, 2.75) is 35.9 Å². The largest absolute Gasteiger partial charge is 0.494 e. The molecule has 1 heterocycles. The summed E-state index contributed by atoms with van der Waals surface area (Å²) in [7, 11) is 0.594. The lowest BCUT2D eigenvalue weighted by Gasteiger charge is -2.31. The van der Waals surface area contributed by atoms with Crippen LogP contribution in [0.2, 0.25) is 10.0 Å². The van der Waals surface area contributed by atoms with Crippen LogP contribution in [-0.4, -0.2) is 71.2 Å². The summed E-state index contributed by atoms with van der Waals surface area (Å²) in [6.45, 7) is 0.325. The monoisotopic (exact) mass is 756 g/mol. The van der Waals surface area contributed by atoms with Crippen molar-refractivity contribution in [2.75, 3.05) is 40.3 Å². The number of ether oxygens (including phenoxy) is 5. The fourth-order valence-corrected chi connectivity index (χ4v) is 7.56. The summed E-state index contributed by atoms with van der Waals surface area (Å²) in [6, 6.07) is 23.0. The molecular formula is C37H38Cl2N2O9S. The highest BCUT2D eigenvalue weighted by Crippen LogP contribution is 2.46. The van der Waals surface area contributed by atoms with Crippen LogP contribution >= 0.6 is 23.2 Å². The Hall–Kier alpha value is -4.49. The van der Waals surface area contributed by atoms with Crippen LogP contribution in [0.4, 0.5) is 0 Å². The lowest BCUT2D eigenvalue weighted by molar-refractivity contribution is -0.129. The summed E-state index contributed by atoms with van der Waals surface area (Å²) in [5, 5.41) is 12.6. The van der Waals surface area contributed by atoms with Gasteiger partial charge in [0.05, 0.1) is 38.6 Å². The maximum atomic E-state index is 14.7. The minimum atomic E-state index is -3.87. The van der Waals surface area contributed by atoms with E-state index < -0.39 is 33.1 Å². The molecule has 0 aromatic heterocycles. The van der Waals surface area contributed by atoms with E-state index in [1.54, 1.807) is 66.7 Å². The van der Waals surface area contributed by atoms with Gasteiger partial charge in [-0.25, -0.2) is 13.4 Å². The number of carbonyl (C=O) groups excluding carboxylic acids is 1. The topological polar surface area (TPSA) is 142 Å². The minimum Gasteiger partial charge on any atom is -0.494 e. The van der Waals surface area contributed by atoms with E-state index in [1.165, 1.54) is 39.5 Å². The van der Waals surface area contributed by atoms with Gasteiger partial charge in [0.25, 0.3) is 5.91 Å². The molecule has 1 amide bonds. The summed E-state index contributed by atoms with van der Waals surface area (Å²) in [6.07, 6.45) is -0.940. The molecule has 5 rings (SSSR count). The Morgan fingerprint density at radius 1 is 0.941 bits per heavy atom. The molecule has 1 aliphatic heterocycles. The number of halogens is 2. The maximum Gasteiger partial charge on any atom is 0.252 e. The first-order chi connectivity index (χ1) is 24.5. The Balaban J connectivity index is 1.59. The van der Waals surface area contributed by atoms with Crippen molar-refractivity contribution in [1.82, 2.24) is 5.32 Å². The highest BCUT2D eigenvalue weighted by atomic mass is 35.5. The van der Waals surface area contributed by atoms with Crippen molar-refractivity contribution < 1.29 is 42.0 Å². The van der Waals surface area contributed by atoms with E-state index in [-0.39, 0.29) is 35.4 Å². The van der Waals surface area contributed by atoms with Gasteiger partial charge in [-0.3, -0.25) is 4.79 Å². The molecule has 0 aliphatic carbocycles. The van der Waals surface area contributed by atoms with Gasteiger partial charge in [0.15, 0.2) is 33.0 Å². The van der Waals surface area contributed by atoms with Crippen molar-refractivity contribution in [1.29, 1.82) is 0 Å². The summed E-state index contributed by atoms with van der Waals surface area (Å²) in [5.41, 5.74) is -0.287. The van der Waals surface area contributed by atoms with Gasteiger partial charge in [-0.2, -0.15) is 0 Å². The molecule has 270 valence electrons. The second kappa shape index (κ2) is 16.7. The van der Waals surface area contributed by atoms with Crippen LogP contribution in [0.1, 0.15) is 35.6 Å². The van der Waals surface area contributed by atoms with Crippen LogP contribution < -0.4 is 24.3 Å². The molecule has 14 heteroatoms. The first kappa shape index (κ1) is 37.8. The van der Waals surface area contributed by atoms with E-state index in [1.807, 2.05) is 0 Å². The van der Waals surface area contributed by atoms with E-state index in [4.69, 9.17) is 57.0 Å². The molecule has 4 aromatic carbocycles. The van der Waals surface area contributed by atoms with Crippen LogP contribution in [0.3, 0.4) is 0 Å². The van der Waals surface area contributed by atoms with Crippen molar-refractivity contribution >= 4 is 44.8 Å². The quantitative estimate of drug-likeness (QED) is 0.128. The molecule has 1 aliphatic rings. The Bertz CT molecular complexity index is 1950. The number of sulfone groups is 1. The van der Waals surface area contributed by atoms with Gasteiger partial charge in [0, 0.05) is 47.2 Å². The molecule has 2 N–H and O–H groups in total. The predicted molar refractivity (Wildman–Crippen MR) is 194 cm³/mol. The molecular weight excluding hydrogens is 719 g/mol. The highest BCUT2D eigenvalue weighted by molar-refractivity contribution is 7.91. The van der Waals surface area contributed by atoms with Gasteiger partial charge in [-0.1, -0.05) is 47.5 Å². The second-order valence-electron chi connectivity index (χ2n) is 11.6. The Morgan fingerprint density at radius 2 is 1.63 bits per heavy atom. The van der Waals surface area contributed by atoms with Crippen LogP contribution in [0.5, 0.6) is 23.0 Å². The Labute approximate surface area is 307 Å². The lowest BCUT2D eigenvalue weighted by Crippen LogP contribution is -2.49. The number of nitrogens with one attached hydrogen (secondary N) is 1. The standard InChI is InChI=1S/C37H38Cl2N2O9S/c1-46-31-20-24(21-32(47-2)33(31)48-3)23-40-36(43)37(16-19-51(44,45)28-8-5-4-6-9-28)34(29-15-12-26(38)22-30(29)39)50-35(41-37)25-10-13-27(14-11-25)49-18-7-17-42/h4-6,8-15,20-22,34,42H,7,16-19,23H2,1-3H3,(H,40,43)/t34-,37-/m1/s1. The molecule has 0 radical (unpaired) electrons. The first-order valence-corrected chi connectivity index (χ1v) is 18.4. The van der Waals surface area contributed by atoms with Crippen molar-refractivity contribution in [3.05, 3.63) is 112 Å². The van der Waals surface area contributed by atoms with Gasteiger partial charge in [0.2, 0.25) is 11.6 Å². The number of aliphatic hydroxyl groups is 1. The van der Waals surface area contributed by atoms with E-state index in [0.717, 1.165) is 0 Å². The number of benzene rings is 4. The molecule has 0 unspecified atom stereocenters. The Morgan fingerprint density at radius 3 is 2.24 bits per heavy atom. The third-order valence-electron chi connectivity index (χ3n) is 8.31. The average Bonchev–Trinajstić information content (AvgIpc) is 3.53. The predicted octanol–water partition coefficient (Wildman–Crippen LogP) is 6.22. The minimum absolute atomic E-state index is 0.00106. The third-order valence-corrected chi connectivity index (χ3v) is 10.6. The average molecular weight is 758 g/mol. The fraction of sp³-hybridized carbons (Fsp3) is 0.297. The Kier molecular flexibility index (Phi) is 12.4. The molecule has 0 spiro atoms. The van der Waals surface area contributed by atoms with E-state index >= 15 is 0 Å². The van der Waals surface area contributed by atoms with Crippen LogP contribution in [0, 0.1) is 0 Å². The van der Waals surface area contributed by atoms with Crippen molar-refractivity contribution in [3.8, 4) is 23.0 Å². The van der Waals surface area contributed by atoms with Crippen molar-refractivity contribution in [2.24, 2.45) is 4.99 Å². The third kappa shape index (κ3) is 8.53. The molecule has 0 bridgehead atoms. The van der Waals surface area contributed by atoms with E-state index in [2.05, 4.69) is 5.32 Å². The smallest absolute Gasteiger partial charge is 0.252 e. The molecule has 2 atom stereocenters. The zero-order valence-corrected chi connectivity index (χ0v) is 30.6. The highest BCUT2D eigenvalue weighted by Gasteiger charge is 2.54. The summed E-state index contributed by atoms with van der Waals surface area (Å²) in [5.74, 6) is 0.800. The molecule has 0 fully saturated rings. The summed E-state index contributed by atoms with van der Waals surface area (Å²) in [4.78, 5) is 19.7. The molecule has 51 heavy (non-hydrogen) atoms. The second-order valence-corrected chi connectivity index (χ2v) is 14.5. The molecule has 11 nitrogen and oxygen atoms in total.